The molecule has 4 saturated heterocycles. The van der Waals surface area contributed by atoms with Crippen molar-refractivity contribution in [2.45, 2.75) is 74.3 Å². The Morgan fingerprint density at radius 3 is 2.67 bits per heavy atom. The number of piperidine rings is 1. The Balaban J connectivity index is 1.18. The first kappa shape index (κ1) is 26.1. The number of aliphatic hydroxyl groups excluding tert-OH is 1. The van der Waals surface area contributed by atoms with Gasteiger partial charge in [0.25, 0.3) is 0 Å². The number of nitrogens with two attached hydrogens (primary N) is 1. The van der Waals surface area contributed by atoms with E-state index in [2.05, 4.69) is 25.8 Å². The molecule has 6 heterocycles. The molecule has 0 saturated carbocycles. The van der Waals surface area contributed by atoms with Crippen LogP contribution >= 0.6 is 11.3 Å². The minimum absolute atomic E-state index is 0.156. The van der Waals surface area contributed by atoms with Gasteiger partial charge in [0.05, 0.1) is 22.8 Å². The molecule has 0 amide bonds. The number of aliphatic hydroxyl groups is 2. The lowest BCUT2D eigenvalue weighted by Gasteiger charge is -2.48. The number of fused-ring (bicyclic) bond motifs is 3. The predicted molar refractivity (Wildman–Crippen MR) is 147 cm³/mol. The van der Waals surface area contributed by atoms with Gasteiger partial charge in [-0.1, -0.05) is 0 Å². The third kappa shape index (κ3) is 4.19. The monoisotopic (exact) mass is 570 g/mol. The van der Waals surface area contributed by atoms with Crippen LogP contribution in [0.15, 0.2) is 0 Å². The molecule has 1 aliphatic carbocycles. The van der Waals surface area contributed by atoms with Gasteiger partial charge in [0.2, 0.25) is 11.9 Å². The molecule has 4 fully saturated rings. The van der Waals surface area contributed by atoms with Crippen molar-refractivity contribution >= 4 is 28.2 Å². The number of nitrogens with zero attached hydrogens (tertiary/aromatic N) is 7. The van der Waals surface area contributed by atoms with Crippen molar-refractivity contribution in [3.8, 4) is 12.1 Å². The zero-order valence-corrected chi connectivity index (χ0v) is 23.5. The van der Waals surface area contributed by atoms with Crippen LogP contribution in [0.3, 0.4) is 0 Å². The summed E-state index contributed by atoms with van der Waals surface area (Å²) in [7, 11) is 0. The van der Waals surface area contributed by atoms with Crippen LogP contribution < -0.4 is 20.3 Å². The molecule has 11 nitrogen and oxygen atoms in total. The summed E-state index contributed by atoms with van der Waals surface area (Å²) in [5.74, 6) is 0.788. The Morgan fingerprint density at radius 2 is 1.93 bits per heavy atom. The number of β-amino-alcohol motifs (C(OH)–C–C–N with tert-alkyl or cyclic N) is 2. The number of ether oxygens (including phenoxy) is 1. The molecule has 4 aliphatic heterocycles. The minimum atomic E-state index is -1.09. The predicted octanol–water partition coefficient (Wildman–Crippen LogP) is 1.37. The molecule has 0 radical (unpaired) electrons. The second kappa shape index (κ2) is 9.11. The number of nitriles is 1. The van der Waals surface area contributed by atoms with Crippen molar-refractivity contribution in [2.24, 2.45) is 0 Å². The second-order valence-electron chi connectivity index (χ2n) is 12.7. The number of aryl methyl sites for hydroxylation is 1. The molecule has 1 unspecified atom stereocenters. The zero-order valence-electron chi connectivity index (χ0n) is 22.6. The SMILES string of the molecule is C[C@@]1(O)C[C@@H](O)CN(c2nc(OC[C@@]34CCCN3CC(F)C4)nc(N3CC4(CCc5sc(N)c(C#N)c54)C3)n2)C1. The molecule has 5 aliphatic rings. The molecular weight excluding hydrogens is 535 g/mol. The highest BCUT2D eigenvalue weighted by atomic mass is 32.1. The van der Waals surface area contributed by atoms with Gasteiger partial charge in [-0.2, -0.15) is 20.2 Å². The maximum Gasteiger partial charge on any atom is 0.323 e. The quantitative estimate of drug-likeness (QED) is 0.479. The molecule has 7 rings (SSSR count). The number of hydrogen-bond acceptors (Lipinski definition) is 12. The van der Waals surface area contributed by atoms with Crippen LogP contribution in [-0.2, 0) is 11.8 Å². The Morgan fingerprint density at radius 1 is 1.15 bits per heavy atom. The lowest BCUT2D eigenvalue weighted by molar-refractivity contribution is -0.00843. The van der Waals surface area contributed by atoms with Crippen LogP contribution in [0, 0.1) is 11.3 Å². The second-order valence-corrected chi connectivity index (χ2v) is 13.8. The maximum atomic E-state index is 14.3. The van der Waals surface area contributed by atoms with E-state index in [1.807, 2.05) is 0 Å². The van der Waals surface area contributed by atoms with Gasteiger partial charge in [-0.15, -0.1) is 11.3 Å². The average molecular weight is 571 g/mol. The van der Waals surface area contributed by atoms with E-state index in [-0.39, 0.29) is 36.5 Å². The van der Waals surface area contributed by atoms with Crippen LogP contribution in [0.4, 0.5) is 21.3 Å². The van der Waals surface area contributed by atoms with Crippen molar-refractivity contribution in [3.63, 3.8) is 0 Å². The standard InChI is InChI=1S/C27H35FN8O3S/c1-25(38)8-17(37)11-34(12-25)22-31-23(33-24(32-22)39-15-27-4-2-6-36(27)10-16(28)7-27)35-13-26(14-35)5-3-19-20(26)18(9-29)21(30)40-19/h16-17,37-38H,2-8,10-15,30H2,1H3/t16?,17-,25-,27+/m1/s1. The summed E-state index contributed by atoms with van der Waals surface area (Å²) in [6.07, 6.45) is 2.88. The van der Waals surface area contributed by atoms with Crippen molar-refractivity contribution in [1.29, 1.82) is 5.26 Å². The van der Waals surface area contributed by atoms with Crippen LogP contribution in [-0.4, -0.2) is 99.4 Å². The van der Waals surface area contributed by atoms with Crippen molar-refractivity contribution in [1.82, 2.24) is 19.9 Å². The smallest absolute Gasteiger partial charge is 0.323 e. The fraction of sp³-hybridized carbons (Fsp3) is 0.704. The van der Waals surface area contributed by atoms with E-state index in [1.165, 1.54) is 16.2 Å². The molecule has 0 bridgehead atoms. The van der Waals surface area contributed by atoms with Crippen LogP contribution in [0.2, 0.25) is 0 Å². The number of alkyl halides is 1. The number of rotatable bonds is 5. The molecule has 2 aromatic rings. The van der Waals surface area contributed by atoms with E-state index in [0.717, 1.165) is 37.8 Å². The summed E-state index contributed by atoms with van der Waals surface area (Å²) >= 11 is 1.52. The molecule has 0 aromatic carbocycles. The molecule has 4 N–H and O–H groups in total. The van der Waals surface area contributed by atoms with Gasteiger partial charge in [-0.3, -0.25) is 4.90 Å². The van der Waals surface area contributed by atoms with Gasteiger partial charge in [-0.25, -0.2) is 4.39 Å². The number of aromatic nitrogens is 3. The van der Waals surface area contributed by atoms with Gasteiger partial charge in [-0.05, 0) is 44.7 Å². The fourth-order valence-corrected chi connectivity index (χ4v) is 8.95. The third-order valence-electron chi connectivity index (χ3n) is 9.49. The molecule has 214 valence electrons. The van der Waals surface area contributed by atoms with E-state index in [9.17, 15) is 19.9 Å². The number of halogens is 1. The lowest BCUT2D eigenvalue weighted by atomic mass is 9.74. The zero-order chi connectivity index (χ0) is 27.9. The van der Waals surface area contributed by atoms with Crippen molar-refractivity contribution in [2.75, 3.05) is 61.4 Å². The summed E-state index contributed by atoms with van der Waals surface area (Å²) < 4.78 is 20.6. The van der Waals surface area contributed by atoms with E-state index in [4.69, 9.17) is 15.5 Å². The first-order valence-corrected chi connectivity index (χ1v) is 14.9. The largest absolute Gasteiger partial charge is 0.461 e. The summed E-state index contributed by atoms with van der Waals surface area (Å²) in [6.45, 7) is 5.14. The van der Waals surface area contributed by atoms with Gasteiger partial charge in [0, 0.05) is 55.9 Å². The molecule has 40 heavy (non-hydrogen) atoms. The van der Waals surface area contributed by atoms with Crippen molar-refractivity contribution < 1.29 is 19.3 Å². The summed E-state index contributed by atoms with van der Waals surface area (Å²) in [5.41, 5.74) is 6.24. The first-order chi connectivity index (χ1) is 19.1. The van der Waals surface area contributed by atoms with Gasteiger partial charge < -0.3 is 30.5 Å². The van der Waals surface area contributed by atoms with E-state index in [0.29, 0.717) is 55.1 Å². The number of hydrogen-bond donors (Lipinski definition) is 3. The minimum Gasteiger partial charge on any atom is -0.461 e. The van der Waals surface area contributed by atoms with Gasteiger partial charge in [0.1, 0.15) is 23.8 Å². The van der Waals surface area contributed by atoms with Crippen LogP contribution in [0.5, 0.6) is 6.01 Å². The Hall–Kier alpha value is -2.79. The van der Waals surface area contributed by atoms with E-state index < -0.39 is 17.9 Å². The number of nitrogen functional groups attached to an aromatic ring is 1. The fourth-order valence-electron chi connectivity index (χ4n) is 7.81. The first-order valence-electron chi connectivity index (χ1n) is 14.1. The van der Waals surface area contributed by atoms with Gasteiger partial charge >= 0.3 is 6.01 Å². The third-order valence-corrected chi connectivity index (χ3v) is 10.6. The Kier molecular flexibility index (Phi) is 5.95. The molecule has 13 heteroatoms. The Labute approximate surface area is 236 Å². The summed E-state index contributed by atoms with van der Waals surface area (Å²) in [5, 5.41) is 31.5. The number of anilines is 3. The normalized spacial score (nSPS) is 32.7. The highest BCUT2D eigenvalue weighted by Crippen LogP contribution is 2.52. The molecule has 2 aromatic heterocycles. The van der Waals surface area contributed by atoms with Crippen molar-refractivity contribution in [3.05, 3.63) is 16.0 Å². The molecule has 4 atom stereocenters. The summed E-state index contributed by atoms with van der Waals surface area (Å²) in [4.78, 5) is 21.3. The average Bonchev–Trinajstić information content (AvgIpc) is 3.58. The maximum absolute atomic E-state index is 14.3. The van der Waals surface area contributed by atoms with Crippen LogP contribution in [0.1, 0.15) is 55.0 Å². The molecule has 1 spiro atoms. The van der Waals surface area contributed by atoms with E-state index in [1.54, 1.807) is 11.8 Å². The summed E-state index contributed by atoms with van der Waals surface area (Å²) in [6, 6.07) is 2.47. The number of thiophene rings is 1. The highest BCUT2D eigenvalue weighted by Gasteiger charge is 2.53. The topological polar surface area (TPSA) is 148 Å². The van der Waals surface area contributed by atoms with E-state index >= 15 is 0 Å². The lowest BCUT2D eigenvalue weighted by Crippen LogP contribution is -2.59. The Bertz CT molecular complexity index is 1370. The van der Waals surface area contributed by atoms with Gasteiger partial charge in [0.15, 0.2) is 0 Å². The molecular formula is C27H35FN8O3S. The van der Waals surface area contributed by atoms with Crippen LogP contribution in [0.25, 0.3) is 0 Å². The highest BCUT2D eigenvalue weighted by molar-refractivity contribution is 7.16.